The smallest absolute Gasteiger partial charge is 0.260 e. The zero-order chi connectivity index (χ0) is 15.6. The van der Waals surface area contributed by atoms with Gasteiger partial charge in [0.05, 0.1) is 12.6 Å². The average Bonchev–Trinajstić information content (AvgIpc) is 2.37. The summed E-state index contributed by atoms with van der Waals surface area (Å²) in [7, 11) is 1.78. The lowest BCUT2D eigenvalue weighted by Gasteiger charge is -2.47. The Morgan fingerprint density at radius 2 is 1.75 bits per heavy atom. The van der Waals surface area contributed by atoms with E-state index < -0.39 is 5.92 Å². The molecule has 20 heavy (non-hydrogen) atoms. The second-order valence-corrected chi connectivity index (χ2v) is 7.11. The highest BCUT2D eigenvalue weighted by atomic mass is 19.3. The molecular weight excluding hydrogens is 260 g/mol. The first kappa shape index (κ1) is 17.8. The third-order valence-corrected chi connectivity index (χ3v) is 5.27. The largest absolute Gasteiger partial charge is 0.393 e. The monoisotopic (exact) mass is 291 g/mol. The Morgan fingerprint density at radius 3 is 2.25 bits per heavy atom. The van der Waals surface area contributed by atoms with E-state index in [0.717, 1.165) is 19.3 Å². The molecule has 4 heteroatoms. The number of aliphatic hydroxyl groups is 1. The van der Waals surface area contributed by atoms with Crippen LogP contribution in [0.2, 0.25) is 0 Å². The molecule has 0 bridgehead atoms. The molecule has 0 radical (unpaired) electrons. The maximum Gasteiger partial charge on any atom is 0.260 e. The lowest BCUT2D eigenvalue weighted by atomic mass is 9.66. The maximum atomic E-state index is 13.7. The molecule has 3 atom stereocenters. The van der Waals surface area contributed by atoms with Crippen LogP contribution in [-0.2, 0) is 0 Å². The number of hydrogen-bond acceptors (Lipinski definition) is 2. The van der Waals surface area contributed by atoms with E-state index in [2.05, 4.69) is 20.8 Å². The number of aliphatic hydroxyl groups excluding tert-OH is 1. The number of hydrogen-bond donors (Lipinski definition) is 1. The van der Waals surface area contributed by atoms with Gasteiger partial charge < -0.3 is 5.11 Å². The fourth-order valence-electron chi connectivity index (χ4n) is 3.38. The molecule has 1 N–H and O–H groups in total. The lowest BCUT2D eigenvalue weighted by molar-refractivity contribution is -0.0709. The molecule has 0 heterocycles. The van der Waals surface area contributed by atoms with Crippen LogP contribution in [0.4, 0.5) is 8.78 Å². The highest BCUT2D eigenvalue weighted by Crippen LogP contribution is 2.42. The fourth-order valence-corrected chi connectivity index (χ4v) is 3.38. The topological polar surface area (TPSA) is 23.5 Å². The summed E-state index contributed by atoms with van der Waals surface area (Å²) in [4.78, 5) is 1.79. The molecule has 1 aliphatic carbocycles. The molecule has 3 unspecified atom stereocenters. The van der Waals surface area contributed by atoms with Gasteiger partial charge in [0, 0.05) is 12.5 Å². The van der Waals surface area contributed by atoms with Gasteiger partial charge in [-0.2, -0.15) is 0 Å². The Hall–Kier alpha value is -0.220. The predicted molar refractivity (Wildman–Crippen MR) is 79.1 cm³/mol. The molecule has 0 spiro atoms. The fraction of sp³-hybridized carbons (Fsp3) is 1.00. The summed E-state index contributed by atoms with van der Waals surface area (Å²) in [5.74, 6) is -2.27. The Morgan fingerprint density at radius 1 is 1.15 bits per heavy atom. The second kappa shape index (κ2) is 6.69. The van der Waals surface area contributed by atoms with Crippen molar-refractivity contribution in [1.82, 2.24) is 4.90 Å². The van der Waals surface area contributed by atoms with E-state index in [9.17, 15) is 13.9 Å². The summed E-state index contributed by atoms with van der Waals surface area (Å²) in [5.41, 5.74) is 0.126. The molecule has 1 fully saturated rings. The number of alkyl halides is 2. The maximum absolute atomic E-state index is 13.7. The van der Waals surface area contributed by atoms with E-state index >= 15 is 0 Å². The number of halogens is 2. The van der Waals surface area contributed by atoms with Crippen LogP contribution in [-0.4, -0.2) is 41.7 Å². The zero-order valence-corrected chi connectivity index (χ0v) is 13.6. The van der Waals surface area contributed by atoms with Crippen LogP contribution in [0.3, 0.4) is 0 Å². The molecule has 1 saturated carbocycles. The average molecular weight is 291 g/mol. The first-order chi connectivity index (χ1) is 9.13. The summed E-state index contributed by atoms with van der Waals surface area (Å²) >= 11 is 0. The normalized spacial score (nSPS) is 28.9. The van der Waals surface area contributed by atoms with Gasteiger partial charge in [0.25, 0.3) is 5.92 Å². The van der Waals surface area contributed by atoms with Crippen LogP contribution in [0.25, 0.3) is 0 Å². The van der Waals surface area contributed by atoms with E-state index in [0.29, 0.717) is 12.3 Å². The SMILES string of the molecule is CCC(F)(F)CN(C)C1CC(O)CCC1C(C)(C)CC. The van der Waals surface area contributed by atoms with Gasteiger partial charge in [-0.1, -0.05) is 34.1 Å². The van der Waals surface area contributed by atoms with Crippen molar-refractivity contribution in [3.63, 3.8) is 0 Å². The van der Waals surface area contributed by atoms with Crippen molar-refractivity contribution in [2.75, 3.05) is 13.6 Å². The third-order valence-electron chi connectivity index (χ3n) is 5.27. The van der Waals surface area contributed by atoms with Gasteiger partial charge in [0.1, 0.15) is 0 Å². The van der Waals surface area contributed by atoms with Crippen LogP contribution < -0.4 is 0 Å². The molecule has 0 aromatic rings. The van der Waals surface area contributed by atoms with Crippen molar-refractivity contribution in [3.8, 4) is 0 Å². The van der Waals surface area contributed by atoms with Crippen molar-refractivity contribution in [2.24, 2.45) is 11.3 Å². The third kappa shape index (κ3) is 4.39. The van der Waals surface area contributed by atoms with E-state index in [4.69, 9.17) is 0 Å². The van der Waals surface area contributed by atoms with E-state index in [1.807, 2.05) is 0 Å². The Labute approximate surface area is 122 Å². The summed E-state index contributed by atoms with van der Waals surface area (Å²) in [6.45, 7) is 7.90. The minimum atomic E-state index is -2.64. The minimum Gasteiger partial charge on any atom is -0.393 e. The molecule has 0 aromatic carbocycles. The van der Waals surface area contributed by atoms with Gasteiger partial charge in [-0.05, 0) is 37.6 Å². The zero-order valence-electron chi connectivity index (χ0n) is 13.6. The van der Waals surface area contributed by atoms with E-state index in [1.54, 1.807) is 11.9 Å². The van der Waals surface area contributed by atoms with Gasteiger partial charge in [0.2, 0.25) is 0 Å². The molecule has 120 valence electrons. The van der Waals surface area contributed by atoms with Crippen molar-refractivity contribution in [2.45, 2.75) is 77.9 Å². The molecule has 1 aliphatic rings. The highest BCUT2D eigenvalue weighted by Gasteiger charge is 2.42. The predicted octanol–water partition coefficient (Wildman–Crippen LogP) is 3.93. The standard InChI is InChI=1S/C16H31F2NO/c1-6-15(3,4)13-9-8-12(20)10-14(13)19(5)11-16(17,18)7-2/h12-14,20H,6-11H2,1-5H3. The summed E-state index contributed by atoms with van der Waals surface area (Å²) < 4.78 is 27.3. The molecule has 0 aliphatic heterocycles. The van der Waals surface area contributed by atoms with Gasteiger partial charge in [0.15, 0.2) is 0 Å². The molecule has 0 saturated heterocycles. The number of rotatable bonds is 6. The molecule has 0 amide bonds. The minimum absolute atomic E-state index is 0.0473. The Bertz CT molecular complexity index is 307. The Kier molecular flexibility index (Phi) is 5.97. The van der Waals surface area contributed by atoms with Gasteiger partial charge in [-0.15, -0.1) is 0 Å². The molecule has 0 aromatic heterocycles. The summed E-state index contributed by atoms with van der Waals surface area (Å²) in [6.07, 6.45) is 2.89. The first-order valence-corrected chi connectivity index (χ1v) is 7.89. The first-order valence-electron chi connectivity index (χ1n) is 7.89. The number of nitrogens with zero attached hydrogens (tertiary/aromatic N) is 1. The van der Waals surface area contributed by atoms with Crippen molar-refractivity contribution in [1.29, 1.82) is 0 Å². The van der Waals surface area contributed by atoms with Crippen LogP contribution in [0, 0.1) is 11.3 Å². The lowest BCUT2D eigenvalue weighted by Crippen LogP contribution is -2.51. The van der Waals surface area contributed by atoms with Crippen molar-refractivity contribution in [3.05, 3.63) is 0 Å². The second-order valence-electron chi connectivity index (χ2n) is 7.11. The van der Waals surface area contributed by atoms with E-state index in [-0.39, 0.29) is 30.5 Å². The van der Waals surface area contributed by atoms with Crippen LogP contribution in [0.5, 0.6) is 0 Å². The summed E-state index contributed by atoms with van der Waals surface area (Å²) in [6, 6.07) is 0.0473. The molecular formula is C16H31F2NO. The highest BCUT2D eigenvalue weighted by molar-refractivity contribution is 4.93. The van der Waals surface area contributed by atoms with E-state index in [1.165, 1.54) is 6.92 Å². The quantitative estimate of drug-likeness (QED) is 0.801. The van der Waals surface area contributed by atoms with Gasteiger partial charge in [-0.3, -0.25) is 4.90 Å². The van der Waals surface area contributed by atoms with Crippen molar-refractivity contribution >= 4 is 0 Å². The Balaban J connectivity index is 2.85. The van der Waals surface area contributed by atoms with Gasteiger partial charge >= 0.3 is 0 Å². The van der Waals surface area contributed by atoms with Crippen LogP contribution in [0.15, 0.2) is 0 Å². The molecule has 1 rings (SSSR count). The summed E-state index contributed by atoms with van der Waals surface area (Å²) in [5, 5.41) is 9.93. The van der Waals surface area contributed by atoms with Gasteiger partial charge in [-0.25, -0.2) is 8.78 Å². The van der Waals surface area contributed by atoms with Crippen LogP contribution >= 0.6 is 0 Å². The molecule has 2 nitrogen and oxygen atoms in total. The van der Waals surface area contributed by atoms with Crippen molar-refractivity contribution < 1.29 is 13.9 Å². The van der Waals surface area contributed by atoms with Crippen LogP contribution in [0.1, 0.15) is 59.8 Å².